The van der Waals surface area contributed by atoms with E-state index in [1.165, 1.54) is 0 Å². The number of piperazine rings is 1. The zero-order chi connectivity index (χ0) is 17.8. The van der Waals surface area contributed by atoms with Crippen molar-refractivity contribution in [1.82, 2.24) is 9.80 Å². The molecular formula is C19H26N2O4. The average Bonchev–Trinajstić information content (AvgIpc) is 3.16. The van der Waals surface area contributed by atoms with Gasteiger partial charge < -0.3 is 19.3 Å². The molecule has 0 aromatic heterocycles. The van der Waals surface area contributed by atoms with E-state index in [0.29, 0.717) is 39.2 Å². The van der Waals surface area contributed by atoms with Crippen LogP contribution < -0.4 is 4.74 Å². The molecule has 0 aliphatic carbocycles. The molecule has 0 N–H and O–H groups in total. The lowest BCUT2D eigenvalue weighted by Gasteiger charge is -2.35. The number of rotatable bonds is 4. The van der Waals surface area contributed by atoms with Crippen molar-refractivity contribution in [1.29, 1.82) is 0 Å². The van der Waals surface area contributed by atoms with Gasteiger partial charge in [0.1, 0.15) is 11.9 Å². The molecule has 0 spiro atoms. The van der Waals surface area contributed by atoms with Gasteiger partial charge in [0.2, 0.25) is 5.91 Å². The summed E-state index contributed by atoms with van der Waals surface area (Å²) in [6, 6.07) is 5.82. The summed E-state index contributed by atoms with van der Waals surface area (Å²) >= 11 is 0. The van der Waals surface area contributed by atoms with Gasteiger partial charge in [-0.1, -0.05) is 12.1 Å². The number of aryl methyl sites for hydroxylation is 1. The van der Waals surface area contributed by atoms with Crippen LogP contribution in [0.3, 0.4) is 0 Å². The Hall–Kier alpha value is -2.08. The second-order valence-corrected chi connectivity index (χ2v) is 6.69. The van der Waals surface area contributed by atoms with Gasteiger partial charge >= 0.3 is 0 Å². The summed E-state index contributed by atoms with van der Waals surface area (Å²) in [5, 5.41) is 0. The minimum absolute atomic E-state index is 0.0791. The van der Waals surface area contributed by atoms with Crippen LogP contribution in [0.5, 0.6) is 5.75 Å². The fourth-order valence-corrected chi connectivity index (χ4v) is 3.49. The monoisotopic (exact) mass is 346 g/mol. The van der Waals surface area contributed by atoms with Crippen molar-refractivity contribution in [2.75, 3.05) is 39.9 Å². The lowest BCUT2D eigenvalue weighted by molar-refractivity contribution is -0.145. The Morgan fingerprint density at radius 2 is 1.92 bits per heavy atom. The number of nitrogens with zero attached hydrogens (tertiary/aromatic N) is 2. The summed E-state index contributed by atoms with van der Waals surface area (Å²) in [5.41, 5.74) is 2.01. The highest BCUT2D eigenvalue weighted by atomic mass is 16.5. The zero-order valence-corrected chi connectivity index (χ0v) is 15.0. The van der Waals surface area contributed by atoms with E-state index in [-0.39, 0.29) is 17.9 Å². The minimum Gasteiger partial charge on any atom is -0.496 e. The Morgan fingerprint density at radius 3 is 2.52 bits per heavy atom. The predicted molar refractivity (Wildman–Crippen MR) is 93.6 cm³/mol. The SMILES string of the molecule is COc1ccc(CC(=O)N2CCN(C(=O)C3CCCO3)CC2)cc1C. The molecule has 3 rings (SSSR count). The summed E-state index contributed by atoms with van der Waals surface area (Å²) in [7, 11) is 1.64. The first-order valence-corrected chi connectivity index (χ1v) is 8.90. The molecule has 2 saturated heterocycles. The van der Waals surface area contributed by atoms with Crippen LogP contribution >= 0.6 is 0 Å². The molecule has 1 aromatic rings. The highest BCUT2D eigenvalue weighted by molar-refractivity contribution is 5.82. The molecule has 136 valence electrons. The first-order valence-electron chi connectivity index (χ1n) is 8.90. The molecule has 2 amide bonds. The summed E-state index contributed by atoms with van der Waals surface area (Å²) in [4.78, 5) is 28.6. The van der Waals surface area contributed by atoms with Crippen molar-refractivity contribution in [3.8, 4) is 5.75 Å². The summed E-state index contributed by atoms with van der Waals surface area (Å²) in [6.07, 6.45) is 1.87. The predicted octanol–water partition coefficient (Wildman–Crippen LogP) is 1.40. The second-order valence-electron chi connectivity index (χ2n) is 6.69. The van der Waals surface area contributed by atoms with E-state index < -0.39 is 0 Å². The van der Waals surface area contributed by atoms with Gasteiger partial charge in [-0.3, -0.25) is 9.59 Å². The van der Waals surface area contributed by atoms with Crippen LogP contribution in [0.1, 0.15) is 24.0 Å². The van der Waals surface area contributed by atoms with Crippen LogP contribution in [0, 0.1) is 6.92 Å². The van der Waals surface area contributed by atoms with Crippen LogP contribution in [-0.2, 0) is 20.7 Å². The van der Waals surface area contributed by atoms with E-state index in [4.69, 9.17) is 9.47 Å². The molecule has 2 aliphatic heterocycles. The van der Waals surface area contributed by atoms with Crippen LogP contribution in [-0.4, -0.2) is 67.6 Å². The molecule has 6 heteroatoms. The van der Waals surface area contributed by atoms with E-state index in [9.17, 15) is 9.59 Å². The van der Waals surface area contributed by atoms with Gasteiger partial charge in [0.05, 0.1) is 13.5 Å². The van der Waals surface area contributed by atoms with E-state index in [1.54, 1.807) is 7.11 Å². The Kier molecular flexibility index (Phi) is 5.58. The lowest BCUT2D eigenvalue weighted by atomic mass is 10.1. The number of methoxy groups -OCH3 is 1. The van der Waals surface area contributed by atoms with E-state index in [2.05, 4.69) is 0 Å². The van der Waals surface area contributed by atoms with Gasteiger partial charge in [-0.25, -0.2) is 0 Å². The summed E-state index contributed by atoms with van der Waals surface area (Å²) in [5.74, 6) is 1.02. The van der Waals surface area contributed by atoms with Crippen molar-refractivity contribution in [3.05, 3.63) is 29.3 Å². The standard InChI is InChI=1S/C19H26N2O4/c1-14-12-15(5-6-16(14)24-2)13-18(22)20-7-9-21(10-8-20)19(23)17-4-3-11-25-17/h5-6,12,17H,3-4,7-11,13H2,1-2H3. The maximum Gasteiger partial charge on any atom is 0.251 e. The van der Waals surface area contributed by atoms with Crippen LogP contribution in [0.25, 0.3) is 0 Å². The largest absolute Gasteiger partial charge is 0.496 e. The summed E-state index contributed by atoms with van der Waals surface area (Å²) < 4.78 is 10.7. The highest BCUT2D eigenvalue weighted by Crippen LogP contribution is 2.20. The average molecular weight is 346 g/mol. The van der Waals surface area contributed by atoms with Crippen molar-refractivity contribution < 1.29 is 19.1 Å². The smallest absolute Gasteiger partial charge is 0.251 e. The maximum absolute atomic E-state index is 12.5. The highest BCUT2D eigenvalue weighted by Gasteiger charge is 2.31. The molecule has 0 bridgehead atoms. The Balaban J connectivity index is 1.51. The Labute approximate surface area is 148 Å². The lowest BCUT2D eigenvalue weighted by Crippen LogP contribution is -2.53. The normalized spacial score (nSPS) is 20.6. The molecule has 2 aliphatic rings. The summed E-state index contributed by atoms with van der Waals surface area (Å²) in [6.45, 7) is 5.01. The quantitative estimate of drug-likeness (QED) is 0.827. The third kappa shape index (κ3) is 4.12. The van der Waals surface area contributed by atoms with Gasteiger partial charge in [0, 0.05) is 32.8 Å². The Bertz CT molecular complexity index is 632. The first kappa shape index (κ1) is 17.7. The molecule has 6 nitrogen and oxygen atoms in total. The van der Waals surface area contributed by atoms with Crippen molar-refractivity contribution in [2.45, 2.75) is 32.3 Å². The zero-order valence-electron chi connectivity index (χ0n) is 15.0. The molecule has 1 atom stereocenters. The van der Waals surface area contributed by atoms with Gasteiger partial charge in [-0.05, 0) is 37.0 Å². The third-order valence-corrected chi connectivity index (χ3v) is 4.96. The van der Waals surface area contributed by atoms with E-state index in [1.807, 2.05) is 34.9 Å². The number of carbonyl (C=O) groups is 2. The van der Waals surface area contributed by atoms with Crippen LogP contribution in [0.15, 0.2) is 18.2 Å². The van der Waals surface area contributed by atoms with E-state index >= 15 is 0 Å². The van der Waals surface area contributed by atoms with Gasteiger partial charge in [0.15, 0.2) is 0 Å². The van der Waals surface area contributed by atoms with Crippen molar-refractivity contribution in [2.24, 2.45) is 0 Å². The number of hydrogen-bond acceptors (Lipinski definition) is 4. The van der Waals surface area contributed by atoms with Crippen molar-refractivity contribution in [3.63, 3.8) is 0 Å². The van der Waals surface area contributed by atoms with Gasteiger partial charge in [-0.15, -0.1) is 0 Å². The molecule has 2 fully saturated rings. The van der Waals surface area contributed by atoms with Gasteiger partial charge in [-0.2, -0.15) is 0 Å². The molecule has 0 radical (unpaired) electrons. The number of amides is 2. The molecule has 0 saturated carbocycles. The van der Waals surface area contributed by atoms with Crippen molar-refractivity contribution >= 4 is 11.8 Å². The topological polar surface area (TPSA) is 59.1 Å². The molecule has 2 heterocycles. The second kappa shape index (κ2) is 7.87. The first-order chi connectivity index (χ1) is 12.1. The fraction of sp³-hybridized carbons (Fsp3) is 0.579. The van der Waals surface area contributed by atoms with Crippen LogP contribution in [0.2, 0.25) is 0 Å². The number of ether oxygens (including phenoxy) is 2. The number of hydrogen-bond donors (Lipinski definition) is 0. The van der Waals surface area contributed by atoms with E-state index in [0.717, 1.165) is 29.7 Å². The number of carbonyl (C=O) groups excluding carboxylic acids is 2. The molecular weight excluding hydrogens is 320 g/mol. The Morgan fingerprint density at radius 1 is 1.20 bits per heavy atom. The fourth-order valence-electron chi connectivity index (χ4n) is 3.49. The van der Waals surface area contributed by atoms with Crippen LogP contribution in [0.4, 0.5) is 0 Å². The number of benzene rings is 1. The maximum atomic E-state index is 12.5. The molecule has 1 unspecified atom stereocenters. The molecule has 1 aromatic carbocycles. The third-order valence-electron chi connectivity index (χ3n) is 4.96. The molecule has 25 heavy (non-hydrogen) atoms. The van der Waals surface area contributed by atoms with Gasteiger partial charge in [0.25, 0.3) is 5.91 Å². The minimum atomic E-state index is -0.274.